The number of aromatic nitrogens is 4. The van der Waals surface area contributed by atoms with Crippen LogP contribution in [-0.2, 0) is 17.8 Å². The van der Waals surface area contributed by atoms with Crippen molar-refractivity contribution in [3.05, 3.63) is 64.6 Å². The van der Waals surface area contributed by atoms with Gasteiger partial charge in [0.1, 0.15) is 0 Å². The molecule has 1 aromatic carbocycles. The van der Waals surface area contributed by atoms with E-state index in [1.807, 2.05) is 6.07 Å². The van der Waals surface area contributed by atoms with Gasteiger partial charge in [0, 0.05) is 23.7 Å². The zero-order valence-electron chi connectivity index (χ0n) is 17.6. The highest BCUT2D eigenvalue weighted by atomic mass is 16.5. The predicted octanol–water partition coefficient (Wildman–Crippen LogP) is 3.63. The van der Waals surface area contributed by atoms with Gasteiger partial charge in [-0.3, -0.25) is 9.58 Å². The van der Waals surface area contributed by atoms with Crippen molar-refractivity contribution in [3.8, 4) is 0 Å². The van der Waals surface area contributed by atoms with Crippen LogP contribution in [0.5, 0.6) is 0 Å². The molecule has 3 heterocycles. The van der Waals surface area contributed by atoms with E-state index in [4.69, 9.17) is 14.3 Å². The summed E-state index contributed by atoms with van der Waals surface area (Å²) < 4.78 is 13.8. The highest BCUT2D eigenvalue weighted by molar-refractivity contribution is 5.30. The van der Waals surface area contributed by atoms with Gasteiger partial charge in [-0.15, -0.1) is 10.2 Å². The Kier molecular flexibility index (Phi) is 5.78. The summed E-state index contributed by atoms with van der Waals surface area (Å²) in [6.07, 6.45) is 0. The maximum Gasteiger partial charge on any atom is 0.230 e. The molecule has 7 heteroatoms. The Morgan fingerprint density at radius 3 is 2.62 bits per heavy atom. The molecule has 1 unspecified atom stereocenters. The van der Waals surface area contributed by atoms with Gasteiger partial charge in [0.05, 0.1) is 38.0 Å². The molecule has 2 aromatic heterocycles. The first-order chi connectivity index (χ1) is 14.0. The fourth-order valence-corrected chi connectivity index (χ4v) is 3.93. The summed E-state index contributed by atoms with van der Waals surface area (Å²) in [6.45, 7) is 11.9. The summed E-state index contributed by atoms with van der Waals surface area (Å²) in [6, 6.07) is 10.6. The van der Waals surface area contributed by atoms with Crippen LogP contribution >= 0.6 is 0 Å². The molecule has 154 valence electrons. The summed E-state index contributed by atoms with van der Waals surface area (Å²) in [5, 5.41) is 13.3. The van der Waals surface area contributed by atoms with Crippen LogP contribution in [0.3, 0.4) is 0 Å². The van der Waals surface area contributed by atoms with Gasteiger partial charge in [-0.1, -0.05) is 44.2 Å². The first-order valence-electron chi connectivity index (χ1n) is 10.2. The number of benzene rings is 1. The van der Waals surface area contributed by atoms with E-state index in [9.17, 15) is 0 Å². The van der Waals surface area contributed by atoms with Gasteiger partial charge in [0.2, 0.25) is 11.8 Å². The van der Waals surface area contributed by atoms with Gasteiger partial charge in [0.15, 0.2) is 0 Å². The molecule has 0 saturated carbocycles. The maximum absolute atomic E-state index is 5.85. The molecule has 1 aliphatic heterocycles. The molecule has 3 aromatic rings. The predicted molar refractivity (Wildman–Crippen MR) is 110 cm³/mol. The number of aryl methyl sites for hydroxylation is 1. The van der Waals surface area contributed by atoms with Crippen molar-refractivity contribution < 1.29 is 9.15 Å². The normalized spacial score (nSPS) is 17.9. The summed E-state index contributed by atoms with van der Waals surface area (Å²) in [4.78, 5) is 2.37. The second-order valence-corrected chi connectivity index (χ2v) is 7.98. The van der Waals surface area contributed by atoms with E-state index < -0.39 is 0 Å². The molecule has 1 fully saturated rings. The quantitative estimate of drug-likeness (QED) is 0.635. The Labute approximate surface area is 171 Å². The molecular weight excluding hydrogens is 366 g/mol. The fraction of sp³-hybridized carbons (Fsp3) is 0.500. The van der Waals surface area contributed by atoms with Crippen molar-refractivity contribution in [3.63, 3.8) is 0 Å². The Morgan fingerprint density at radius 2 is 1.90 bits per heavy atom. The topological polar surface area (TPSA) is 69.2 Å². The first kappa shape index (κ1) is 19.8. The monoisotopic (exact) mass is 395 g/mol. The molecule has 0 bridgehead atoms. The SMILES string of the molecule is Cc1nn(Cc2ccccc2)c(C)c1C1COCCN1Cc1nnc(C(C)C)o1. The Morgan fingerprint density at radius 1 is 1.10 bits per heavy atom. The first-order valence-corrected chi connectivity index (χ1v) is 10.2. The van der Waals surface area contributed by atoms with E-state index in [0.717, 1.165) is 18.8 Å². The average molecular weight is 396 g/mol. The van der Waals surface area contributed by atoms with E-state index in [1.165, 1.54) is 16.8 Å². The lowest BCUT2D eigenvalue weighted by atomic mass is 10.0. The van der Waals surface area contributed by atoms with E-state index in [2.05, 4.69) is 71.7 Å². The van der Waals surface area contributed by atoms with E-state index in [1.54, 1.807) is 0 Å². The summed E-state index contributed by atoms with van der Waals surface area (Å²) in [5.74, 6) is 1.58. The van der Waals surface area contributed by atoms with Crippen LogP contribution < -0.4 is 0 Å². The Bertz CT molecular complexity index is 948. The molecule has 29 heavy (non-hydrogen) atoms. The highest BCUT2D eigenvalue weighted by Crippen LogP contribution is 2.31. The molecule has 7 nitrogen and oxygen atoms in total. The average Bonchev–Trinajstić information content (AvgIpc) is 3.28. The third-order valence-corrected chi connectivity index (χ3v) is 5.50. The molecule has 0 N–H and O–H groups in total. The maximum atomic E-state index is 5.85. The van der Waals surface area contributed by atoms with Gasteiger partial charge < -0.3 is 9.15 Å². The molecule has 0 radical (unpaired) electrons. The van der Waals surface area contributed by atoms with Crippen LogP contribution in [0.4, 0.5) is 0 Å². The van der Waals surface area contributed by atoms with Gasteiger partial charge in [-0.25, -0.2) is 0 Å². The number of morpholine rings is 1. The number of hydrogen-bond donors (Lipinski definition) is 0. The van der Waals surface area contributed by atoms with Gasteiger partial charge in [-0.05, 0) is 19.4 Å². The molecule has 1 atom stereocenters. The largest absolute Gasteiger partial charge is 0.424 e. The van der Waals surface area contributed by atoms with Crippen molar-refractivity contribution in [2.75, 3.05) is 19.8 Å². The molecule has 4 rings (SSSR count). The highest BCUT2D eigenvalue weighted by Gasteiger charge is 2.31. The van der Waals surface area contributed by atoms with Crippen LogP contribution in [0.1, 0.15) is 60.1 Å². The van der Waals surface area contributed by atoms with Crippen LogP contribution in [0.15, 0.2) is 34.7 Å². The Hall–Kier alpha value is -2.51. The van der Waals surface area contributed by atoms with Crippen LogP contribution in [0.2, 0.25) is 0 Å². The molecule has 0 aliphatic carbocycles. The minimum Gasteiger partial charge on any atom is -0.424 e. The van der Waals surface area contributed by atoms with Gasteiger partial charge >= 0.3 is 0 Å². The van der Waals surface area contributed by atoms with Crippen molar-refractivity contribution >= 4 is 0 Å². The van der Waals surface area contributed by atoms with Crippen LogP contribution in [-0.4, -0.2) is 44.6 Å². The lowest BCUT2D eigenvalue weighted by molar-refractivity contribution is -0.0167. The number of rotatable bonds is 6. The minimum absolute atomic E-state index is 0.127. The summed E-state index contributed by atoms with van der Waals surface area (Å²) in [5.41, 5.74) is 4.71. The summed E-state index contributed by atoms with van der Waals surface area (Å²) >= 11 is 0. The standard InChI is InChI=1S/C22H29N5O2/c1-15(2)22-24-23-20(29-22)13-26-10-11-28-14-19(26)21-16(3)25-27(17(21)4)12-18-8-6-5-7-9-18/h5-9,15,19H,10-14H2,1-4H3. The lowest BCUT2D eigenvalue weighted by Crippen LogP contribution is -2.39. The van der Waals surface area contributed by atoms with Crippen LogP contribution in [0.25, 0.3) is 0 Å². The number of hydrogen-bond acceptors (Lipinski definition) is 6. The van der Waals surface area contributed by atoms with E-state index >= 15 is 0 Å². The van der Waals surface area contributed by atoms with E-state index in [0.29, 0.717) is 31.5 Å². The zero-order valence-corrected chi connectivity index (χ0v) is 17.6. The third kappa shape index (κ3) is 4.26. The fourth-order valence-electron chi connectivity index (χ4n) is 3.93. The zero-order chi connectivity index (χ0) is 20.4. The second kappa shape index (κ2) is 8.47. The number of nitrogens with zero attached hydrogens (tertiary/aromatic N) is 5. The molecule has 1 aliphatic rings. The molecule has 0 amide bonds. The number of ether oxygens (including phenoxy) is 1. The lowest BCUT2D eigenvalue weighted by Gasteiger charge is -2.35. The summed E-state index contributed by atoms with van der Waals surface area (Å²) in [7, 11) is 0. The molecule has 0 spiro atoms. The van der Waals surface area contributed by atoms with Gasteiger partial charge in [0.25, 0.3) is 0 Å². The van der Waals surface area contributed by atoms with Crippen LogP contribution in [0, 0.1) is 13.8 Å². The van der Waals surface area contributed by atoms with E-state index in [-0.39, 0.29) is 12.0 Å². The van der Waals surface area contributed by atoms with Crippen molar-refractivity contribution in [2.24, 2.45) is 0 Å². The van der Waals surface area contributed by atoms with Crippen molar-refractivity contribution in [1.82, 2.24) is 24.9 Å². The van der Waals surface area contributed by atoms with Crippen molar-refractivity contribution in [1.29, 1.82) is 0 Å². The van der Waals surface area contributed by atoms with Crippen molar-refractivity contribution in [2.45, 2.75) is 52.7 Å². The third-order valence-electron chi connectivity index (χ3n) is 5.50. The minimum atomic E-state index is 0.127. The smallest absolute Gasteiger partial charge is 0.230 e. The molecule has 1 saturated heterocycles. The Balaban J connectivity index is 1.57. The second-order valence-electron chi connectivity index (χ2n) is 7.98. The van der Waals surface area contributed by atoms with Gasteiger partial charge in [-0.2, -0.15) is 5.10 Å². The molecular formula is C22H29N5O2.